The molecule has 0 spiro atoms. The van der Waals surface area contributed by atoms with Crippen LogP contribution in [0, 0.1) is 5.92 Å². The molecule has 1 saturated carbocycles. The van der Waals surface area contributed by atoms with Crippen molar-refractivity contribution in [3.8, 4) is 5.88 Å². The number of unbranched alkanes of at least 4 members (excludes halogenated alkanes) is 1. The SMILES string of the molecule is CCCC[C@H]1CC[C@H](c2ccc(OCC)nn2)CC1. The van der Waals surface area contributed by atoms with Gasteiger partial charge in [-0.1, -0.05) is 26.2 Å². The summed E-state index contributed by atoms with van der Waals surface area (Å²) in [5, 5.41) is 8.47. The van der Waals surface area contributed by atoms with E-state index < -0.39 is 0 Å². The van der Waals surface area contributed by atoms with Crippen LogP contribution >= 0.6 is 0 Å². The van der Waals surface area contributed by atoms with Crippen molar-refractivity contribution in [3.63, 3.8) is 0 Å². The Bertz CT molecular complexity index is 356. The van der Waals surface area contributed by atoms with Gasteiger partial charge in [0.1, 0.15) is 0 Å². The summed E-state index contributed by atoms with van der Waals surface area (Å²) in [6.07, 6.45) is 9.40. The Labute approximate surface area is 116 Å². The van der Waals surface area contributed by atoms with E-state index in [1.54, 1.807) is 0 Å². The smallest absolute Gasteiger partial charge is 0.233 e. The molecule has 3 nitrogen and oxygen atoms in total. The zero-order valence-corrected chi connectivity index (χ0v) is 12.3. The summed E-state index contributed by atoms with van der Waals surface area (Å²) in [5.74, 6) is 2.20. The van der Waals surface area contributed by atoms with Crippen molar-refractivity contribution in [2.45, 2.75) is 64.7 Å². The standard InChI is InChI=1S/C16H26N2O/c1-3-5-6-13-7-9-14(10-8-13)15-11-12-16(18-17-15)19-4-2/h11-14H,3-10H2,1-2H3/t13-,14-. The second-order valence-corrected chi connectivity index (χ2v) is 5.59. The predicted octanol–water partition coefficient (Wildman–Crippen LogP) is 4.34. The molecule has 0 atom stereocenters. The van der Waals surface area contributed by atoms with Crippen LogP contribution in [0.25, 0.3) is 0 Å². The van der Waals surface area contributed by atoms with Crippen molar-refractivity contribution < 1.29 is 4.74 Å². The number of hydrogen-bond acceptors (Lipinski definition) is 3. The fraction of sp³-hybridized carbons (Fsp3) is 0.750. The van der Waals surface area contributed by atoms with Crippen molar-refractivity contribution in [2.24, 2.45) is 5.92 Å². The third-order valence-electron chi connectivity index (χ3n) is 4.18. The minimum absolute atomic E-state index is 0.612. The molecule has 0 saturated heterocycles. The molecule has 1 aliphatic carbocycles. The van der Waals surface area contributed by atoms with Gasteiger partial charge in [0.15, 0.2) is 0 Å². The minimum atomic E-state index is 0.612. The third kappa shape index (κ3) is 4.19. The summed E-state index contributed by atoms with van der Waals surface area (Å²) in [5.41, 5.74) is 1.15. The van der Waals surface area contributed by atoms with Gasteiger partial charge in [-0.3, -0.25) is 0 Å². The minimum Gasteiger partial charge on any atom is -0.477 e. The summed E-state index contributed by atoms with van der Waals surface area (Å²) in [6, 6.07) is 4.05. The normalized spacial score (nSPS) is 23.3. The van der Waals surface area contributed by atoms with E-state index in [-0.39, 0.29) is 0 Å². The van der Waals surface area contributed by atoms with Crippen molar-refractivity contribution >= 4 is 0 Å². The Morgan fingerprint density at radius 2 is 1.89 bits per heavy atom. The van der Waals surface area contributed by atoms with Gasteiger partial charge in [-0.25, -0.2) is 0 Å². The van der Waals surface area contributed by atoms with E-state index in [0.29, 0.717) is 18.4 Å². The fourth-order valence-corrected chi connectivity index (χ4v) is 3.01. The van der Waals surface area contributed by atoms with Crippen molar-refractivity contribution in [1.82, 2.24) is 10.2 Å². The van der Waals surface area contributed by atoms with Gasteiger partial charge in [-0.05, 0) is 44.6 Å². The van der Waals surface area contributed by atoms with Gasteiger partial charge in [-0.2, -0.15) is 5.10 Å². The summed E-state index contributed by atoms with van der Waals surface area (Å²) in [6.45, 7) is 4.89. The average Bonchev–Trinajstić information content (AvgIpc) is 2.47. The molecule has 1 aromatic rings. The maximum atomic E-state index is 5.34. The van der Waals surface area contributed by atoms with Crippen LogP contribution in [0.4, 0.5) is 0 Å². The van der Waals surface area contributed by atoms with Gasteiger partial charge in [0.25, 0.3) is 0 Å². The van der Waals surface area contributed by atoms with Gasteiger partial charge in [-0.15, -0.1) is 5.10 Å². The number of nitrogens with zero attached hydrogens (tertiary/aromatic N) is 2. The molecule has 0 unspecified atom stereocenters. The molecular weight excluding hydrogens is 236 g/mol. The molecule has 19 heavy (non-hydrogen) atoms. The molecule has 0 aliphatic heterocycles. The number of hydrogen-bond donors (Lipinski definition) is 0. The molecule has 0 amide bonds. The highest BCUT2D eigenvalue weighted by molar-refractivity contribution is 5.15. The molecule has 2 rings (SSSR count). The number of rotatable bonds is 6. The molecule has 3 heteroatoms. The maximum Gasteiger partial charge on any atom is 0.233 e. The Kier molecular flexibility index (Phi) is 5.62. The molecular formula is C16H26N2O. The van der Waals surface area contributed by atoms with Gasteiger partial charge < -0.3 is 4.74 Å². The highest BCUT2D eigenvalue weighted by Crippen LogP contribution is 2.36. The zero-order valence-electron chi connectivity index (χ0n) is 12.3. The van der Waals surface area contributed by atoms with Gasteiger partial charge in [0.2, 0.25) is 5.88 Å². The van der Waals surface area contributed by atoms with E-state index in [4.69, 9.17) is 4.74 Å². The van der Waals surface area contributed by atoms with Crippen LogP contribution in [0.1, 0.15) is 70.4 Å². The molecule has 1 aliphatic rings. The quantitative estimate of drug-likeness (QED) is 0.765. The van der Waals surface area contributed by atoms with E-state index in [0.717, 1.165) is 11.6 Å². The Morgan fingerprint density at radius 3 is 2.47 bits per heavy atom. The summed E-state index contributed by atoms with van der Waals surface area (Å²) in [7, 11) is 0. The molecule has 0 bridgehead atoms. The van der Waals surface area contributed by atoms with Crippen LogP contribution in [0.15, 0.2) is 12.1 Å². The lowest BCUT2D eigenvalue weighted by atomic mass is 9.78. The van der Waals surface area contributed by atoms with Gasteiger partial charge in [0.05, 0.1) is 12.3 Å². The summed E-state index contributed by atoms with van der Waals surface area (Å²) >= 11 is 0. The molecule has 106 valence electrons. The second-order valence-electron chi connectivity index (χ2n) is 5.59. The van der Waals surface area contributed by atoms with E-state index in [2.05, 4.69) is 23.2 Å². The lowest BCUT2D eigenvalue weighted by Gasteiger charge is -2.27. The lowest BCUT2D eigenvalue weighted by Crippen LogP contribution is -2.14. The van der Waals surface area contributed by atoms with Crippen LogP contribution in [-0.2, 0) is 0 Å². The molecule has 0 N–H and O–H groups in total. The van der Waals surface area contributed by atoms with Crippen LogP contribution in [0.3, 0.4) is 0 Å². The van der Waals surface area contributed by atoms with Crippen molar-refractivity contribution in [1.29, 1.82) is 0 Å². The van der Waals surface area contributed by atoms with E-state index in [1.165, 1.54) is 44.9 Å². The lowest BCUT2D eigenvalue weighted by molar-refractivity contribution is 0.297. The second kappa shape index (κ2) is 7.46. The Balaban J connectivity index is 1.83. The van der Waals surface area contributed by atoms with Crippen LogP contribution in [-0.4, -0.2) is 16.8 Å². The van der Waals surface area contributed by atoms with Gasteiger partial charge >= 0.3 is 0 Å². The van der Waals surface area contributed by atoms with Crippen molar-refractivity contribution in [3.05, 3.63) is 17.8 Å². The number of aromatic nitrogens is 2. The summed E-state index contributed by atoms with van der Waals surface area (Å²) in [4.78, 5) is 0. The Hall–Kier alpha value is -1.12. The van der Waals surface area contributed by atoms with Gasteiger partial charge in [0, 0.05) is 12.0 Å². The van der Waals surface area contributed by atoms with E-state index >= 15 is 0 Å². The van der Waals surface area contributed by atoms with Crippen LogP contribution < -0.4 is 4.74 Å². The topological polar surface area (TPSA) is 35.0 Å². The molecule has 1 fully saturated rings. The average molecular weight is 262 g/mol. The first kappa shape index (κ1) is 14.3. The monoisotopic (exact) mass is 262 g/mol. The first-order valence-corrected chi connectivity index (χ1v) is 7.79. The molecule has 1 heterocycles. The third-order valence-corrected chi connectivity index (χ3v) is 4.18. The first-order chi connectivity index (χ1) is 9.33. The Morgan fingerprint density at radius 1 is 1.11 bits per heavy atom. The van der Waals surface area contributed by atoms with E-state index in [9.17, 15) is 0 Å². The van der Waals surface area contributed by atoms with Crippen molar-refractivity contribution in [2.75, 3.05) is 6.61 Å². The molecule has 0 aromatic carbocycles. The first-order valence-electron chi connectivity index (χ1n) is 7.79. The highest BCUT2D eigenvalue weighted by atomic mass is 16.5. The summed E-state index contributed by atoms with van der Waals surface area (Å²) < 4.78 is 5.34. The predicted molar refractivity (Wildman–Crippen MR) is 77.4 cm³/mol. The van der Waals surface area contributed by atoms with E-state index in [1.807, 2.05) is 13.0 Å². The highest BCUT2D eigenvalue weighted by Gasteiger charge is 2.23. The number of ether oxygens (including phenoxy) is 1. The van der Waals surface area contributed by atoms with Crippen LogP contribution in [0.5, 0.6) is 5.88 Å². The van der Waals surface area contributed by atoms with Crippen LogP contribution in [0.2, 0.25) is 0 Å². The fourth-order valence-electron chi connectivity index (χ4n) is 3.01. The largest absolute Gasteiger partial charge is 0.477 e. The molecule has 1 aromatic heterocycles. The maximum absolute atomic E-state index is 5.34. The molecule has 0 radical (unpaired) electrons. The zero-order chi connectivity index (χ0) is 13.5.